The number of piperidine rings is 1. The molecule has 1 aromatic rings. The van der Waals surface area contributed by atoms with E-state index < -0.39 is 0 Å². The lowest BCUT2D eigenvalue weighted by Crippen LogP contribution is -2.40. The first kappa shape index (κ1) is 11.4. The van der Waals surface area contributed by atoms with Gasteiger partial charge in [0.2, 0.25) is 0 Å². The van der Waals surface area contributed by atoms with Crippen LogP contribution in [0.15, 0.2) is 24.3 Å². The lowest BCUT2D eigenvalue weighted by atomic mass is 9.89. The Morgan fingerprint density at radius 1 is 1.31 bits per heavy atom. The molecule has 2 N–H and O–H groups in total. The Hall–Kier alpha value is -1.06. The van der Waals surface area contributed by atoms with E-state index in [1.54, 1.807) is 7.11 Å². The van der Waals surface area contributed by atoms with Crippen molar-refractivity contribution in [1.29, 1.82) is 0 Å². The molecule has 1 saturated heterocycles. The molecule has 3 nitrogen and oxygen atoms in total. The summed E-state index contributed by atoms with van der Waals surface area (Å²) in [5.41, 5.74) is 1.35. The first-order valence-electron chi connectivity index (χ1n) is 5.81. The lowest BCUT2D eigenvalue weighted by molar-refractivity contribution is 0.212. The molecule has 0 amide bonds. The molecule has 2 rings (SSSR count). The van der Waals surface area contributed by atoms with Gasteiger partial charge in [0.15, 0.2) is 0 Å². The molecule has 2 unspecified atom stereocenters. The average Bonchev–Trinajstić information content (AvgIpc) is 2.39. The molecule has 3 heteroatoms. The minimum Gasteiger partial charge on any atom is -0.497 e. The molecule has 1 heterocycles. The molecule has 1 aliphatic heterocycles. The number of rotatable bonds is 3. The maximum atomic E-state index is 9.04. The van der Waals surface area contributed by atoms with Crippen LogP contribution in [0.1, 0.15) is 24.3 Å². The van der Waals surface area contributed by atoms with Crippen LogP contribution in [0, 0.1) is 0 Å². The fourth-order valence-electron chi connectivity index (χ4n) is 2.23. The highest BCUT2D eigenvalue weighted by Gasteiger charge is 2.20. The molecular weight excluding hydrogens is 202 g/mol. The summed E-state index contributed by atoms with van der Waals surface area (Å²) in [5.74, 6) is 1.47. The zero-order valence-corrected chi connectivity index (χ0v) is 9.65. The van der Waals surface area contributed by atoms with Crippen molar-refractivity contribution >= 4 is 0 Å². The molecule has 0 spiro atoms. The van der Waals surface area contributed by atoms with Gasteiger partial charge in [-0.05, 0) is 36.5 Å². The Morgan fingerprint density at radius 3 is 2.56 bits per heavy atom. The van der Waals surface area contributed by atoms with Crippen molar-refractivity contribution in [3.63, 3.8) is 0 Å². The van der Waals surface area contributed by atoms with Crippen LogP contribution in [0.5, 0.6) is 5.75 Å². The van der Waals surface area contributed by atoms with Gasteiger partial charge in [-0.2, -0.15) is 0 Å². The van der Waals surface area contributed by atoms with Gasteiger partial charge in [0.25, 0.3) is 0 Å². The summed E-state index contributed by atoms with van der Waals surface area (Å²) in [4.78, 5) is 0. The quantitative estimate of drug-likeness (QED) is 0.813. The molecule has 0 saturated carbocycles. The van der Waals surface area contributed by atoms with E-state index in [9.17, 15) is 0 Å². The number of hydrogen-bond donors (Lipinski definition) is 2. The molecule has 88 valence electrons. The standard InChI is InChI=1S/C13H19NO2/c1-16-13-6-3-10(4-7-13)11-2-5-12(9-15)14-8-11/h3-4,6-7,11-12,14-15H,2,5,8-9H2,1H3. The molecule has 16 heavy (non-hydrogen) atoms. The predicted molar refractivity (Wildman–Crippen MR) is 63.8 cm³/mol. The first-order chi connectivity index (χ1) is 7.83. The zero-order valence-electron chi connectivity index (χ0n) is 9.65. The monoisotopic (exact) mass is 221 g/mol. The van der Waals surface area contributed by atoms with Crippen molar-refractivity contribution in [3.8, 4) is 5.75 Å². The number of aliphatic hydroxyl groups excluding tert-OH is 1. The Balaban J connectivity index is 1.97. The van der Waals surface area contributed by atoms with Gasteiger partial charge in [-0.25, -0.2) is 0 Å². The fraction of sp³-hybridized carbons (Fsp3) is 0.538. The van der Waals surface area contributed by atoms with E-state index in [1.165, 1.54) is 5.56 Å². The number of aliphatic hydroxyl groups is 1. The lowest BCUT2D eigenvalue weighted by Gasteiger charge is -2.29. The second-order valence-corrected chi connectivity index (χ2v) is 4.34. The van der Waals surface area contributed by atoms with Crippen molar-refractivity contribution < 1.29 is 9.84 Å². The second-order valence-electron chi connectivity index (χ2n) is 4.34. The number of benzene rings is 1. The summed E-state index contributed by atoms with van der Waals surface area (Å²) in [6.07, 6.45) is 2.19. The van der Waals surface area contributed by atoms with Crippen LogP contribution in [0.4, 0.5) is 0 Å². The number of nitrogens with one attached hydrogen (secondary N) is 1. The third kappa shape index (κ3) is 2.54. The summed E-state index contributed by atoms with van der Waals surface area (Å²) in [5, 5.41) is 12.4. The van der Waals surface area contributed by atoms with E-state index in [4.69, 9.17) is 9.84 Å². The van der Waals surface area contributed by atoms with E-state index in [1.807, 2.05) is 12.1 Å². The molecule has 0 aliphatic carbocycles. The number of ether oxygens (including phenoxy) is 1. The highest BCUT2D eigenvalue weighted by atomic mass is 16.5. The normalized spacial score (nSPS) is 25.4. The maximum absolute atomic E-state index is 9.04. The van der Waals surface area contributed by atoms with Gasteiger partial charge in [0, 0.05) is 12.6 Å². The van der Waals surface area contributed by atoms with Crippen molar-refractivity contribution in [2.45, 2.75) is 24.8 Å². The summed E-state index contributed by atoms with van der Waals surface area (Å²) < 4.78 is 5.14. The Morgan fingerprint density at radius 2 is 2.06 bits per heavy atom. The summed E-state index contributed by atoms with van der Waals surface area (Å²) in [6.45, 7) is 1.20. The van der Waals surface area contributed by atoms with Crippen molar-refractivity contribution in [2.24, 2.45) is 0 Å². The molecule has 0 radical (unpaired) electrons. The predicted octanol–water partition coefficient (Wildman–Crippen LogP) is 1.52. The van der Waals surface area contributed by atoms with Crippen LogP contribution in [-0.2, 0) is 0 Å². The number of hydrogen-bond acceptors (Lipinski definition) is 3. The maximum Gasteiger partial charge on any atom is 0.118 e. The largest absolute Gasteiger partial charge is 0.497 e. The zero-order chi connectivity index (χ0) is 11.4. The van der Waals surface area contributed by atoms with Gasteiger partial charge in [-0.3, -0.25) is 0 Å². The van der Waals surface area contributed by atoms with E-state index in [0.717, 1.165) is 25.1 Å². The summed E-state index contributed by atoms with van der Waals surface area (Å²) >= 11 is 0. The number of methoxy groups -OCH3 is 1. The Labute approximate surface area is 96.4 Å². The molecule has 1 fully saturated rings. The molecule has 2 atom stereocenters. The minimum absolute atomic E-state index is 0.245. The Bertz CT molecular complexity index is 315. The fourth-order valence-corrected chi connectivity index (χ4v) is 2.23. The van der Waals surface area contributed by atoms with Crippen molar-refractivity contribution in [3.05, 3.63) is 29.8 Å². The SMILES string of the molecule is COc1ccc(C2CCC(CO)NC2)cc1. The van der Waals surface area contributed by atoms with Crippen LogP contribution < -0.4 is 10.1 Å². The first-order valence-corrected chi connectivity index (χ1v) is 5.81. The van der Waals surface area contributed by atoms with E-state index in [0.29, 0.717) is 5.92 Å². The van der Waals surface area contributed by atoms with Crippen LogP contribution in [-0.4, -0.2) is 31.4 Å². The van der Waals surface area contributed by atoms with Crippen LogP contribution in [0.25, 0.3) is 0 Å². The highest BCUT2D eigenvalue weighted by molar-refractivity contribution is 5.29. The topological polar surface area (TPSA) is 41.5 Å². The van der Waals surface area contributed by atoms with Crippen molar-refractivity contribution in [1.82, 2.24) is 5.32 Å². The smallest absolute Gasteiger partial charge is 0.118 e. The molecule has 1 aliphatic rings. The second kappa shape index (κ2) is 5.32. The van der Waals surface area contributed by atoms with E-state index in [-0.39, 0.29) is 12.6 Å². The summed E-state index contributed by atoms with van der Waals surface area (Å²) in [7, 11) is 1.68. The van der Waals surface area contributed by atoms with Crippen molar-refractivity contribution in [2.75, 3.05) is 20.3 Å². The van der Waals surface area contributed by atoms with E-state index >= 15 is 0 Å². The van der Waals surface area contributed by atoms with Gasteiger partial charge in [0.1, 0.15) is 5.75 Å². The van der Waals surface area contributed by atoms with Gasteiger partial charge in [-0.15, -0.1) is 0 Å². The molecule has 0 aromatic heterocycles. The Kier molecular flexibility index (Phi) is 3.80. The molecule has 0 bridgehead atoms. The molecule has 1 aromatic carbocycles. The van der Waals surface area contributed by atoms with Crippen LogP contribution in [0.2, 0.25) is 0 Å². The van der Waals surface area contributed by atoms with Crippen LogP contribution in [0.3, 0.4) is 0 Å². The molecular formula is C13H19NO2. The van der Waals surface area contributed by atoms with Gasteiger partial charge >= 0.3 is 0 Å². The highest BCUT2D eigenvalue weighted by Crippen LogP contribution is 2.26. The summed E-state index contributed by atoms with van der Waals surface area (Å²) in [6, 6.07) is 8.56. The average molecular weight is 221 g/mol. The minimum atomic E-state index is 0.245. The van der Waals surface area contributed by atoms with Gasteiger partial charge < -0.3 is 15.2 Å². The third-order valence-corrected chi connectivity index (χ3v) is 3.32. The third-order valence-electron chi connectivity index (χ3n) is 3.32. The van der Waals surface area contributed by atoms with Gasteiger partial charge in [0.05, 0.1) is 13.7 Å². The van der Waals surface area contributed by atoms with Crippen LogP contribution >= 0.6 is 0 Å². The van der Waals surface area contributed by atoms with Gasteiger partial charge in [-0.1, -0.05) is 12.1 Å². The van der Waals surface area contributed by atoms with E-state index in [2.05, 4.69) is 17.4 Å².